The molecule has 0 radical (unpaired) electrons. The molecule has 0 unspecified atom stereocenters. The zero-order valence-corrected chi connectivity index (χ0v) is 17.0. The van der Waals surface area contributed by atoms with Crippen molar-refractivity contribution in [1.82, 2.24) is 4.98 Å². The standard InChI is InChI=1S/C24H29N3O2/c1-16-2-5-21(6-3-16)29-15-23(28)26-20-4-7-22(25-14-20)27-24-11-17-8-18(12-24)10-19(9-17)13-24/h2-7,14,17-19H,8-13,15H2,1H3,(H,25,27)(H,26,28). The molecule has 1 aromatic heterocycles. The van der Waals surface area contributed by atoms with Crippen LogP contribution in [0, 0.1) is 24.7 Å². The van der Waals surface area contributed by atoms with Crippen molar-refractivity contribution >= 4 is 17.4 Å². The number of carbonyl (C=O) groups is 1. The molecule has 1 amide bonds. The molecule has 29 heavy (non-hydrogen) atoms. The summed E-state index contributed by atoms with van der Waals surface area (Å²) in [5.41, 5.74) is 2.10. The lowest BCUT2D eigenvalue weighted by Gasteiger charge is -2.57. The number of nitrogens with zero attached hydrogens (tertiary/aromatic N) is 1. The minimum atomic E-state index is -0.186. The number of hydrogen-bond acceptors (Lipinski definition) is 4. The third-order valence-electron chi connectivity index (χ3n) is 6.87. The van der Waals surface area contributed by atoms with Crippen LogP contribution in [0.3, 0.4) is 0 Å². The van der Waals surface area contributed by atoms with Crippen LogP contribution in [-0.2, 0) is 4.79 Å². The molecule has 0 atom stereocenters. The van der Waals surface area contributed by atoms with Gasteiger partial charge in [-0.1, -0.05) is 17.7 Å². The maximum Gasteiger partial charge on any atom is 0.262 e. The van der Waals surface area contributed by atoms with E-state index in [-0.39, 0.29) is 18.1 Å². The molecule has 0 spiro atoms. The van der Waals surface area contributed by atoms with Gasteiger partial charge in [0.2, 0.25) is 0 Å². The first-order valence-corrected chi connectivity index (χ1v) is 10.8. The molecular formula is C24H29N3O2. The first-order valence-electron chi connectivity index (χ1n) is 10.8. The normalized spacial score (nSPS) is 29.5. The Hall–Kier alpha value is -2.56. The highest BCUT2D eigenvalue weighted by molar-refractivity contribution is 5.91. The lowest BCUT2D eigenvalue weighted by Crippen LogP contribution is -2.54. The van der Waals surface area contributed by atoms with E-state index in [1.807, 2.05) is 43.3 Å². The highest BCUT2D eigenvalue weighted by Gasteiger charge is 2.51. The predicted molar refractivity (Wildman–Crippen MR) is 114 cm³/mol. The molecule has 4 bridgehead atoms. The summed E-state index contributed by atoms with van der Waals surface area (Å²) >= 11 is 0. The molecule has 152 valence electrons. The maximum absolute atomic E-state index is 12.2. The van der Waals surface area contributed by atoms with Gasteiger partial charge in [0.05, 0.1) is 11.9 Å². The monoisotopic (exact) mass is 391 g/mol. The average molecular weight is 392 g/mol. The fourth-order valence-electron chi connectivity index (χ4n) is 6.06. The van der Waals surface area contributed by atoms with Crippen LogP contribution in [0.25, 0.3) is 0 Å². The summed E-state index contributed by atoms with van der Waals surface area (Å²) in [6.07, 6.45) is 9.89. The van der Waals surface area contributed by atoms with Crippen molar-refractivity contribution in [3.63, 3.8) is 0 Å². The van der Waals surface area contributed by atoms with Crippen LogP contribution in [-0.4, -0.2) is 23.0 Å². The van der Waals surface area contributed by atoms with Gasteiger partial charge in [0.25, 0.3) is 5.91 Å². The van der Waals surface area contributed by atoms with E-state index < -0.39 is 0 Å². The highest BCUT2D eigenvalue weighted by Crippen LogP contribution is 2.56. The number of hydrogen-bond donors (Lipinski definition) is 2. The second-order valence-corrected chi connectivity index (χ2v) is 9.40. The number of aryl methyl sites for hydroxylation is 1. The van der Waals surface area contributed by atoms with E-state index in [0.29, 0.717) is 11.4 Å². The third-order valence-corrected chi connectivity index (χ3v) is 6.87. The van der Waals surface area contributed by atoms with E-state index in [4.69, 9.17) is 4.74 Å². The number of carbonyl (C=O) groups excluding carboxylic acids is 1. The Balaban J connectivity index is 1.15. The fourth-order valence-corrected chi connectivity index (χ4v) is 6.06. The van der Waals surface area contributed by atoms with Crippen molar-refractivity contribution in [1.29, 1.82) is 0 Å². The van der Waals surface area contributed by atoms with E-state index in [1.165, 1.54) is 38.5 Å². The topological polar surface area (TPSA) is 63.2 Å². The molecule has 4 aliphatic carbocycles. The number of nitrogens with one attached hydrogen (secondary N) is 2. The largest absolute Gasteiger partial charge is 0.484 e. The Morgan fingerprint density at radius 1 is 1.03 bits per heavy atom. The van der Waals surface area contributed by atoms with Gasteiger partial charge in [0, 0.05) is 5.54 Å². The molecule has 1 aromatic carbocycles. The number of anilines is 2. The summed E-state index contributed by atoms with van der Waals surface area (Å²) in [5, 5.41) is 6.63. The van der Waals surface area contributed by atoms with Crippen molar-refractivity contribution in [2.24, 2.45) is 17.8 Å². The van der Waals surface area contributed by atoms with E-state index in [2.05, 4.69) is 15.6 Å². The molecule has 5 nitrogen and oxygen atoms in total. The minimum Gasteiger partial charge on any atom is -0.484 e. The number of ether oxygens (including phenoxy) is 1. The van der Waals surface area contributed by atoms with Crippen molar-refractivity contribution in [2.75, 3.05) is 17.2 Å². The Morgan fingerprint density at radius 3 is 2.28 bits per heavy atom. The Morgan fingerprint density at radius 2 is 1.69 bits per heavy atom. The van der Waals surface area contributed by atoms with Crippen molar-refractivity contribution in [3.8, 4) is 5.75 Å². The number of amides is 1. The SMILES string of the molecule is Cc1ccc(OCC(=O)Nc2ccc(NC34CC5CC(CC(C5)C3)C4)nc2)cc1. The summed E-state index contributed by atoms with van der Waals surface area (Å²) < 4.78 is 5.53. The molecule has 4 saturated carbocycles. The first kappa shape index (κ1) is 18.5. The molecule has 2 N–H and O–H groups in total. The van der Waals surface area contributed by atoms with Gasteiger partial charge in [-0.15, -0.1) is 0 Å². The van der Waals surface area contributed by atoms with Crippen LogP contribution in [0.1, 0.15) is 44.1 Å². The van der Waals surface area contributed by atoms with E-state index in [9.17, 15) is 4.79 Å². The quantitative estimate of drug-likeness (QED) is 0.743. The van der Waals surface area contributed by atoms with Crippen LogP contribution in [0.4, 0.5) is 11.5 Å². The molecule has 1 heterocycles. The smallest absolute Gasteiger partial charge is 0.262 e. The van der Waals surface area contributed by atoms with Crippen LogP contribution >= 0.6 is 0 Å². The summed E-state index contributed by atoms with van der Waals surface area (Å²) in [4.78, 5) is 16.7. The average Bonchev–Trinajstić information content (AvgIpc) is 2.68. The van der Waals surface area contributed by atoms with Crippen molar-refractivity contribution < 1.29 is 9.53 Å². The maximum atomic E-state index is 12.2. The number of rotatable bonds is 6. The predicted octanol–water partition coefficient (Wildman–Crippen LogP) is 4.79. The number of aromatic nitrogens is 1. The number of pyridine rings is 1. The van der Waals surface area contributed by atoms with Gasteiger partial charge in [-0.05, 0) is 87.5 Å². The van der Waals surface area contributed by atoms with Crippen LogP contribution in [0.2, 0.25) is 0 Å². The summed E-state index contributed by atoms with van der Waals surface area (Å²) in [5.74, 6) is 4.14. The molecular weight excluding hydrogens is 362 g/mol. The van der Waals surface area contributed by atoms with E-state index in [0.717, 1.165) is 29.1 Å². The Labute approximate surface area is 172 Å². The van der Waals surface area contributed by atoms with Gasteiger partial charge >= 0.3 is 0 Å². The molecule has 4 aliphatic rings. The Bertz CT molecular complexity index is 841. The van der Waals surface area contributed by atoms with Crippen molar-refractivity contribution in [2.45, 2.75) is 51.0 Å². The molecule has 0 saturated heterocycles. The van der Waals surface area contributed by atoms with Gasteiger partial charge in [0.15, 0.2) is 6.61 Å². The van der Waals surface area contributed by atoms with Crippen LogP contribution in [0.5, 0.6) is 5.75 Å². The zero-order valence-electron chi connectivity index (χ0n) is 17.0. The summed E-state index contributed by atoms with van der Waals surface area (Å²) in [6, 6.07) is 11.6. The number of benzene rings is 1. The summed E-state index contributed by atoms with van der Waals surface area (Å²) in [7, 11) is 0. The van der Waals surface area contributed by atoms with E-state index >= 15 is 0 Å². The molecule has 5 heteroatoms. The molecule has 6 rings (SSSR count). The fraction of sp³-hybridized carbons (Fsp3) is 0.500. The highest BCUT2D eigenvalue weighted by atomic mass is 16.5. The molecule has 2 aromatic rings. The van der Waals surface area contributed by atoms with Crippen LogP contribution < -0.4 is 15.4 Å². The lowest BCUT2D eigenvalue weighted by atomic mass is 9.53. The van der Waals surface area contributed by atoms with Gasteiger partial charge < -0.3 is 15.4 Å². The van der Waals surface area contributed by atoms with Crippen molar-refractivity contribution in [3.05, 3.63) is 48.2 Å². The molecule has 4 fully saturated rings. The first-order chi connectivity index (χ1) is 14.1. The van der Waals surface area contributed by atoms with Gasteiger partial charge in [-0.3, -0.25) is 4.79 Å². The minimum absolute atomic E-state index is 0.0175. The van der Waals surface area contributed by atoms with Crippen LogP contribution in [0.15, 0.2) is 42.6 Å². The summed E-state index contributed by atoms with van der Waals surface area (Å²) in [6.45, 7) is 2.00. The third kappa shape index (κ3) is 4.09. The van der Waals surface area contributed by atoms with Gasteiger partial charge in [-0.25, -0.2) is 4.98 Å². The van der Waals surface area contributed by atoms with Gasteiger partial charge in [-0.2, -0.15) is 0 Å². The Kier molecular flexibility index (Phi) is 4.69. The molecule has 0 aliphatic heterocycles. The second-order valence-electron chi connectivity index (χ2n) is 9.40. The zero-order chi connectivity index (χ0) is 19.8. The van der Waals surface area contributed by atoms with Gasteiger partial charge in [0.1, 0.15) is 11.6 Å². The second kappa shape index (κ2) is 7.36. The lowest BCUT2D eigenvalue weighted by molar-refractivity contribution is -0.118. The van der Waals surface area contributed by atoms with E-state index in [1.54, 1.807) is 6.20 Å².